The maximum absolute atomic E-state index is 11.7. The lowest BCUT2D eigenvalue weighted by Crippen LogP contribution is -2.60. The quantitative estimate of drug-likeness (QED) is 0.350. The molecule has 20 heavy (non-hydrogen) atoms. The molecule has 1 aliphatic heterocycles. The molecule has 1 rings (SSSR count). The summed E-state index contributed by atoms with van der Waals surface area (Å²) in [6, 6.07) is -0.468. The molecule has 5 N–H and O–H groups in total. The van der Waals surface area contributed by atoms with Crippen LogP contribution in [0.15, 0.2) is 0 Å². The molecule has 3 amide bonds. The second-order valence-corrected chi connectivity index (χ2v) is 4.78. The van der Waals surface area contributed by atoms with Crippen LogP contribution in [0.2, 0.25) is 0 Å². The maximum atomic E-state index is 11.7. The molecule has 0 spiro atoms. The number of aliphatic hydroxyl groups excluding tert-OH is 4. The number of hydrogen-bond donors (Lipinski definition) is 5. The lowest BCUT2D eigenvalue weighted by atomic mass is 10.1. The van der Waals surface area contributed by atoms with E-state index in [1.165, 1.54) is 19.0 Å². The Morgan fingerprint density at radius 2 is 1.85 bits per heavy atom. The summed E-state index contributed by atoms with van der Waals surface area (Å²) in [6.07, 6.45) is -4.86. The van der Waals surface area contributed by atoms with Crippen LogP contribution in [0.25, 0.3) is 0 Å². The molecule has 0 aromatic carbocycles. The molecule has 1 saturated heterocycles. The summed E-state index contributed by atoms with van der Waals surface area (Å²) < 4.78 is 0. The number of urea groups is 1. The van der Waals surface area contributed by atoms with Gasteiger partial charge in [0.15, 0.2) is 0 Å². The first kappa shape index (κ1) is 16.8. The van der Waals surface area contributed by atoms with Crippen molar-refractivity contribution in [3.05, 3.63) is 0 Å². The third kappa shape index (κ3) is 3.64. The summed E-state index contributed by atoms with van der Waals surface area (Å²) in [5, 5.41) is 39.7. The second kappa shape index (κ2) is 6.95. The highest BCUT2D eigenvalue weighted by Gasteiger charge is 2.35. The standard InChI is InChI=1S/C11H21N3O6/c1-13-8(3-9(18)14(2)11(13)20)12-4-6(16)10(19)7(17)5-15/h6-8,10,12,15-17,19H,3-5H2,1-2H3. The minimum absolute atomic E-state index is 0.0457. The molecule has 1 heterocycles. The summed E-state index contributed by atoms with van der Waals surface area (Å²) >= 11 is 0. The Hall–Kier alpha value is -1.26. The Kier molecular flexibility index (Phi) is 5.84. The second-order valence-electron chi connectivity index (χ2n) is 4.78. The van der Waals surface area contributed by atoms with Gasteiger partial charge >= 0.3 is 6.03 Å². The molecule has 0 radical (unpaired) electrons. The van der Waals surface area contributed by atoms with E-state index in [0.29, 0.717) is 0 Å². The van der Waals surface area contributed by atoms with E-state index in [1.807, 2.05) is 0 Å². The molecule has 4 atom stereocenters. The number of nitrogens with zero attached hydrogens (tertiary/aromatic N) is 2. The van der Waals surface area contributed by atoms with E-state index in [-0.39, 0.29) is 18.9 Å². The van der Waals surface area contributed by atoms with E-state index in [9.17, 15) is 24.9 Å². The van der Waals surface area contributed by atoms with Gasteiger partial charge in [0.2, 0.25) is 5.91 Å². The number of amides is 3. The lowest BCUT2D eigenvalue weighted by Gasteiger charge is -2.37. The van der Waals surface area contributed by atoms with Crippen molar-refractivity contribution in [3.63, 3.8) is 0 Å². The van der Waals surface area contributed by atoms with Crippen LogP contribution in [-0.4, -0.2) is 93.9 Å². The highest BCUT2D eigenvalue weighted by molar-refractivity contribution is 5.96. The Morgan fingerprint density at radius 1 is 1.25 bits per heavy atom. The fourth-order valence-electron chi connectivity index (χ4n) is 1.87. The molecule has 4 unspecified atom stereocenters. The molecule has 116 valence electrons. The molecule has 1 aliphatic rings. The maximum Gasteiger partial charge on any atom is 0.327 e. The van der Waals surface area contributed by atoms with E-state index in [0.717, 1.165) is 4.90 Å². The third-order valence-corrected chi connectivity index (χ3v) is 3.34. The van der Waals surface area contributed by atoms with Crippen LogP contribution in [0.5, 0.6) is 0 Å². The zero-order chi connectivity index (χ0) is 15.4. The van der Waals surface area contributed by atoms with Gasteiger partial charge in [-0.2, -0.15) is 0 Å². The van der Waals surface area contributed by atoms with Crippen molar-refractivity contribution in [2.75, 3.05) is 27.2 Å². The van der Waals surface area contributed by atoms with E-state index in [1.54, 1.807) is 0 Å². The number of imide groups is 1. The van der Waals surface area contributed by atoms with E-state index in [2.05, 4.69) is 5.32 Å². The predicted octanol–water partition coefficient (Wildman–Crippen LogP) is -3.11. The highest BCUT2D eigenvalue weighted by atomic mass is 16.4. The molecule has 0 aromatic heterocycles. The molecular formula is C11H21N3O6. The van der Waals surface area contributed by atoms with Gasteiger partial charge in [0.25, 0.3) is 0 Å². The zero-order valence-electron chi connectivity index (χ0n) is 11.4. The lowest BCUT2D eigenvalue weighted by molar-refractivity contribution is -0.131. The van der Waals surface area contributed by atoms with Gasteiger partial charge in [0, 0.05) is 20.6 Å². The Morgan fingerprint density at radius 3 is 2.40 bits per heavy atom. The largest absolute Gasteiger partial charge is 0.394 e. The van der Waals surface area contributed by atoms with E-state index < -0.39 is 37.1 Å². The van der Waals surface area contributed by atoms with Crippen molar-refractivity contribution in [2.24, 2.45) is 0 Å². The van der Waals surface area contributed by atoms with Crippen LogP contribution in [0.4, 0.5) is 4.79 Å². The molecule has 0 saturated carbocycles. The van der Waals surface area contributed by atoms with Gasteiger partial charge in [-0.15, -0.1) is 0 Å². The molecular weight excluding hydrogens is 270 g/mol. The number of carbonyl (C=O) groups excluding carboxylic acids is 2. The van der Waals surface area contributed by atoms with Crippen molar-refractivity contribution >= 4 is 11.9 Å². The van der Waals surface area contributed by atoms with Crippen LogP contribution >= 0.6 is 0 Å². The number of carbonyl (C=O) groups is 2. The Labute approximate surface area is 116 Å². The van der Waals surface area contributed by atoms with Crippen molar-refractivity contribution in [2.45, 2.75) is 30.9 Å². The monoisotopic (exact) mass is 291 g/mol. The van der Waals surface area contributed by atoms with E-state index in [4.69, 9.17) is 5.11 Å². The van der Waals surface area contributed by atoms with Crippen molar-refractivity contribution < 1.29 is 30.0 Å². The summed E-state index contributed by atoms with van der Waals surface area (Å²) in [6.45, 7) is -0.819. The average molecular weight is 291 g/mol. The molecule has 9 nitrogen and oxygen atoms in total. The highest BCUT2D eigenvalue weighted by Crippen LogP contribution is 2.12. The SMILES string of the molecule is CN1C(=O)CC(NCC(O)C(O)C(O)CO)N(C)C1=O. The molecule has 0 aromatic rings. The van der Waals surface area contributed by atoms with Crippen LogP contribution in [0.3, 0.4) is 0 Å². The topological polar surface area (TPSA) is 134 Å². The summed E-state index contributed by atoms with van der Waals surface area (Å²) in [4.78, 5) is 25.5. The van der Waals surface area contributed by atoms with E-state index >= 15 is 0 Å². The Bertz CT molecular complexity index is 366. The number of hydrogen-bond acceptors (Lipinski definition) is 7. The smallest absolute Gasteiger partial charge is 0.327 e. The predicted molar refractivity (Wildman–Crippen MR) is 67.4 cm³/mol. The van der Waals surface area contributed by atoms with Crippen LogP contribution in [0.1, 0.15) is 6.42 Å². The van der Waals surface area contributed by atoms with Gasteiger partial charge in [-0.25, -0.2) is 4.79 Å². The number of aliphatic hydroxyl groups is 4. The van der Waals surface area contributed by atoms with Gasteiger partial charge in [-0.05, 0) is 0 Å². The molecule has 9 heteroatoms. The van der Waals surface area contributed by atoms with Crippen LogP contribution in [0, 0.1) is 0 Å². The molecule has 0 bridgehead atoms. The average Bonchev–Trinajstić information content (AvgIpc) is 2.45. The van der Waals surface area contributed by atoms with Crippen molar-refractivity contribution in [3.8, 4) is 0 Å². The fraction of sp³-hybridized carbons (Fsp3) is 0.818. The molecule has 0 aliphatic carbocycles. The van der Waals surface area contributed by atoms with Crippen molar-refractivity contribution in [1.29, 1.82) is 0 Å². The zero-order valence-corrected chi connectivity index (χ0v) is 11.4. The van der Waals surface area contributed by atoms with Gasteiger partial charge in [0.05, 0.1) is 25.3 Å². The Balaban J connectivity index is 2.53. The number of nitrogens with one attached hydrogen (secondary N) is 1. The summed E-state index contributed by atoms with van der Waals surface area (Å²) in [7, 11) is 2.89. The van der Waals surface area contributed by atoms with Gasteiger partial charge < -0.3 is 25.3 Å². The van der Waals surface area contributed by atoms with Crippen LogP contribution < -0.4 is 5.32 Å². The first-order valence-corrected chi connectivity index (χ1v) is 6.21. The third-order valence-electron chi connectivity index (χ3n) is 3.34. The van der Waals surface area contributed by atoms with Gasteiger partial charge in [-0.1, -0.05) is 0 Å². The summed E-state index contributed by atoms with van der Waals surface area (Å²) in [5.41, 5.74) is 0. The first-order chi connectivity index (χ1) is 9.29. The minimum Gasteiger partial charge on any atom is -0.394 e. The first-order valence-electron chi connectivity index (χ1n) is 6.21. The van der Waals surface area contributed by atoms with Crippen LogP contribution in [-0.2, 0) is 4.79 Å². The molecule has 1 fully saturated rings. The summed E-state index contributed by atoms with van der Waals surface area (Å²) in [5.74, 6) is -0.351. The fourth-order valence-corrected chi connectivity index (χ4v) is 1.87. The minimum atomic E-state index is -1.52. The number of rotatable bonds is 6. The van der Waals surface area contributed by atoms with Gasteiger partial charge in [0.1, 0.15) is 12.2 Å². The normalized spacial score (nSPS) is 24.8. The van der Waals surface area contributed by atoms with Gasteiger partial charge in [-0.3, -0.25) is 15.0 Å². The van der Waals surface area contributed by atoms with Crippen molar-refractivity contribution in [1.82, 2.24) is 15.1 Å².